The lowest BCUT2D eigenvalue weighted by Gasteiger charge is -2.14. The molecule has 1 amide bonds. The predicted molar refractivity (Wildman–Crippen MR) is 56.0 cm³/mol. The van der Waals surface area contributed by atoms with Crippen molar-refractivity contribution in [1.29, 1.82) is 0 Å². The minimum atomic E-state index is 0.0825. The quantitative estimate of drug-likeness (QED) is 0.708. The summed E-state index contributed by atoms with van der Waals surface area (Å²) in [5.74, 6) is 1.04. The summed E-state index contributed by atoms with van der Waals surface area (Å²) in [6.07, 6.45) is 5.82. The fraction of sp³-hybridized carbons (Fsp3) is 0.909. The molecule has 0 spiro atoms. The van der Waals surface area contributed by atoms with Gasteiger partial charge in [-0.1, -0.05) is 13.3 Å². The van der Waals surface area contributed by atoms with Crippen molar-refractivity contribution >= 4 is 5.91 Å². The molecule has 0 aromatic carbocycles. The summed E-state index contributed by atoms with van der Waals surface area (Å²) in [6, 6.07) is 0.702. The molecule has 2 rings (SSSR count). The average molecular weight is 196 g/mol. The highest BCUT2D eigenvalue weighted by atomic mass is 16.2. The van der Waals surface area contributed by atoms with E-state index in [0.29, 0.717) is 6.04 Å². The van der Waals surface area contributed by atoms with E-state index in [1.54, 1.807) is 0 Å². The molecule has 0 radical (unpaired) electrons. The molecular weight excluding hydrogens is 176 g/mol. The van der Waals surface area contributed by atoms with Crippen molar-refractivity contribution in [1.82, 2.24) is 10.6 Å². The van der Waals surface area contributed by atoms with Crippen LogP contribution in [0.3, 0.4) is 0 Å². The highest BCUT2D eigenvalue weighted by molar-refractivity contribution is 5.82. The molecule has 2 fully saturated rings. The lowest BCUT2D eigenvalue weighted by atomic mass is 10.1. The Morgan fingerprint density at radius 2 is 2.36 bits per heavy atom. The van der Waals surface area contributed by atoms with Crippen molar-refractivity contribution < 1.29 is 4.79 Å². The molecule has 3 heteroatoms. The van der Waals surface area contributed by atoms with Crippen molar-refractivity contribution in [2.45, 2.75) is 51.1 Å². The van der Waals surface area contributed by atoms with Gasteiger partial charge in [0.25, 0.3) is 0 Å². The number of hydrogen-bond donors (Lipinski definition) is 2. The Labute approximate surface area is 85.6 Å². The third kappa shape index (κ3) is 2.27. The molecule has 80 valence electrons. The normalized spacial score (nSPS) is 37.5. The molecule has 0 aromatic rings. The molecule has 1 aliphatic carbocycles. The standard InChI is InChI=1S/C11H20N2O/c1-2-8-7-10(8)13-9-5-3-4-6-12-11(9)14/h8-10,13H,2-7H2,1H3,(H,12,14). The minimum Gasteiger partial charge on any atom is -0.355 e. The molecule has 2 N–H and O–H groups in total. The highest BCUT2D eigenvalue weighted by Crippen LogP contribution is 2.33. The van der Waals surface area contributed by atoms with Gasteiger partial charge in [-0.25, -0.2) is 0 Å². The second-order valence-electron chi connectivity index (χ2n) is 4.52. The summed E-state index contributed by atoms with van der Waals surface area (Å²) >= 11 is 0. The summed E-state index contributed by atoms with van der Waals surface area (Å²) in [7, 11) is 0. The summed E-state index contributed by atoms with van der Waals surface area (Å²) in [5, 5.41) is 6.43. The third-order valence-corrected chi connectivity index (χ3v) is 3.40. The lowest BCUT2D eigenvalue weighted by molar-refractivity contribution is -0.122. The molecule has 1 saturated carbocycles. The van der Waals surface area contributed by atoms with Crippen LogP contribution in [0.5, 0.6) is 0 Å². The van der Waals surface area contributed by atoms with E-state index in [0.717, 1.165) is 25.3 Å². The van der Waals surface area contributed by atoms with E-state index < -0.39 is 0 Å². The maximum absolute atomic E-state index is 11.6. The van der Waals surface area contributed by atoms with Gasteiger partial charge in [0, 0.05) is 12.6 Å². The van der Waals surface area contributed by atoms with Crippen molar-refractivity contribution in [2.24, 2.45) is 5.92 Å². The number of carbonyl (C=O) groups is 1. The van der Waals surface area contributed by atoms with Crippen LogP contribution in [0.25, 0.3) is 0 Å². The maximum Gasteiger partial charge on any atom is 0.237 e. The van der Waals surface area contributed by atoms with Crippen LogP contribution in [0.15, 0.2) is 0 Å². The van der Waals surface area contributed by atoms with Crippen LogP contribution < -0.4 is 10.6 Å². The van der Waals surface area contributed by atoms with Crippen LogP contribution in [-0.4, -0.2) is 24.5 Å². The van der Waals surface area contributed by atoms with Crippen LogP contribution in [0, 0.1) is 5.92 Å². The molecule has 1 saturated heterocycles. The van der Waals surface area contributed by atoms with E-state index in [4.69, 9.17) is 0 Å². The summed E-state index contributed by atoms with van der Waals surface area (Å²) in [5.41, 5.74) is 0. The average Bonchev–Trinajstić information content (AvgIpc) is 2.94. The van der Waals surface area contributed by atoms with Gasteiger partial charge in [0.15, 0.2) is 0 Å². The first-order valence-electron chi connectivity index (χ1n) is 5.85. The summed E-state index contributed by atoms with van der Waals surface area (Å²) in [4.78, 5) is 11.6. The zero-order valence-corrected chi connectivity index (χ0v) is 8.88. The smallest absolute Gasteiger partial charge is 0.237 e. The van der Waals surface area contributed by atoms with Crippen LogP contribution >= 0.6 is 0 Å². The molecule has 14 heavy (non-hydrogen) atoms. The fourth-order valence-electron chi connectivity index (χ4n) is 2.26. The van der Waals surface area contributed by atoms with E-state index in [-0.39, 0.29) is 11.9 Å². The van der Waals surface area contributed by atoms with Crippen molar-refractivity contribution in [2.75, 3.05) is 6.54 Å². The number of carbonyl (C=O) groups excluding carboxylic acids is 1. The molecule has 1 aliphatic heterocycles. The Kier molecular flexibility index (Phi) is 3.06. The molecule has 3 unspecified atom stereocenters. The molecule has 0 bridgehead atoms. The van der Waals surface area contributed by atoms with E-state index >= 15 is 0 Å². The lowest BCUT2D eigenvalue weighted by Crippen LogP contribution is -2.44. The highest BCUT2D eigenvalue weighted by Gasteiger charge is 2.38. The van der Waals surface area contributed by atoms with Crippen molar-refractivity contribution in [3.05, 3.63) is 0 Å². The predicted octanol–water partition coefficient (Wildman–Crippen LogP) is 1.04. The molecule has 2 aliphatic rings. The van der Waals surface area contributed by atoms with Gasteiger partial charge in [0.1, 0.15) is 0 Å². The van der Waals surface area contributed by atoms with Gasteiger partial charge in [-0.15, -0.1) is 0 Å². The van der Waals surface area contributed by atoms with Gasteiger partial charge in [0.2, 0.25) is 5.91 Å². The van der Waals surface area contributed by atoms with Crippen molar-refractivity contribution in [3.8, 4) is 0 Å². The van der Waals surface area contributed by atoms with E-state index in [1.807, 2.05) is 0 Å². The Morgan fingerprint density at radius 1 is 1.50 bits per heavy atom. The number of nitrogens with one attached hydrogen (secondary N) is 2. The van der Waals surface area contributed by atoms with Gasteiger partial charge < -0.3 is 10.6 Å². The first-order chi connectivity index (χ1) is 6.81. The third-order valence-electron chi connectivity index (χ3n) is 3.40. The first kappa shape index (κ1) is 9.97. The second kappa shape index (κ2) is 4.30. The molecule has 3 atom stereocenters. The van der Waals surface area contributed by atoms with Crippen molar-refractivity contribution in [3.63, 3.8) is 0 Å². The Morgan fingerprint density at radius 3 is 3.07 bits per heavy atom. The Bertz CT molecular complexity index is 217. The number of rotatable bonds is 3. The number of amides is 1. The van der Waals surface area contributed by atoms with Crippen LogP contribution in [-0.2, 0) is 4.79 Å². The van der Waals surface area contributed by atoms with Crippen LogP contribution in [0.4, 0.5) is 0 Å². The second-order valence-corrected chi connectivity index (χ2v) is 4.52. The van der Waals surface area contributed by atoms with E-state index in [1.165, 1.54) is 19.3 Å². The van der Waals surface area contributed by atoms with Gasteiger partial charge in [-0.05, 0) is 31.6 Å². The fourth-order valence-corrected chi connectivity index (χ4v) is 2.26. The number of hydrogen-bond acceptors (Lipinski definition) is 2. The Hall–Kier alpha value is -0.570. The minimum absolute atomic E-state index is 0.0825. The van der Waals surface area contributed by atoms with Gasteiger partial charge in [0.05, 0.1) is 6.04 Å². The topological polar surface area (TPSA) is 41.1 Å². The van der Waals surface area contributed by atoms with Gasteiger partial charge >= 0.3 is 0 Å². The van der Waals surface area contributed by atoms with E-state index in [2.05, 4.69) is 17.6 Å². The molecule has 3 nitrogen and oxygen atoms in total. The Balaban J connectivity index is 1.80. The summed E-state index contributed by atoms with van der Waals surface area (Å²) in [6.45, 7) is 3.08. The van der Waals surface area contributed by atoms with Gasteiger partial charge in [-0.3, -0.25) is 4.79 Å². The molecule has 1 heterocycles. The molecular formula is C11H20N2O. The van der Waals surface area contributed by atoms with Crippen LogP contribution in [0.2, 0.25) is 0 Å². The maximum atomic E-state index is 11.6. The van der Waals surface area contributed by atoms with Crippen LogP contribution in [0.1, 0.15) is 39.0 Å². The molecule has 0 aromatic heterocycles. The first-order valence-corrected chi connectivity index (χ1v) is 5.85. The summed E-state index contributed by atoms with van der Waals surface area (Å²) < 4.78 is 0. The van der Waals surface area contributed by atoms with E-state index in [9.17, 15) is 4.79 Å². The zero-order valence-electron chi connectivity index (χ0n) is 8.88. The SMILES string of the molecule is CCC1CC1NC1CCCCNC1=O. The monoisotopic (exact) mass is 196 g/mol. The largest absolute Gasteiger partial charge is 0.355 e. The van der Waals surface area contributed by atoms with Gasteiger partial charge in [-0.2, -0.15) is 0 Å². The zero-order chi connectivity index (χ0) is 9.97.